The van der Waals surface area contributed by atoms with Crippen LogP contribution in [0.1, 0.15) is 56.8 Å². The van der Waals surface area contributed by atoms with Gasteiger partial charge in [-0.1, -0.05) is 39.8 Å². The average molecular weight is 438 g/mol. The lowest BCUT2D eigenvalue weighted by Crippen LogP contribution is -2.30. The van der Waals surface area contributed by atoms with Gasteiger partial charge in [0.25, 0.3) is 11.7 Å². The van der Waals surface area contributed by atoms with E-state index in [4.69, 9.17) is 9.47 Å². The zero-order valence-electron chi connectivity index (χ0n) is 19.6. The van der Waals surface area contributed by atoms with Crippen molar-refractivity contribution < 1.29 is 24.2 Å². The first-order valence-electron chi connectivity index (χ1n) is 10.7. The Balaban J connectivity index is 2.23. The molecule has 2 aromatic carbocycles. The van der Waals surface area contributed by atoms with E-state index in [1.165, 1.54) is 4.90 Å². The van der Waals surface area contributed by atoms with Crippen molar-refractivity contribution in [2.75, 3.05) is 20.8 Å². The van der Waals surface area contributed by atoms with E-state index in [9.17, 15) is 14.7 Å². The maximum atomic E-state index is 13.1. The first kappa shape index (κ1) is 23.4. The van der Waals surface area contributed by atoms with E-state index in [0.717, 1.165) is 5.56 Å². The summed E-state index contributed by atoms with van der Waals surface area (Å²) in [5.41, 5.74) is 1.91. The molecule has 32 heavy (non-hydrogen) atoms. The van der Waals surface area contributed by atoms with Crippen LogP contribution < -0.4 is 9.47 Å². The number of aliphatic hydroxyl groups excluding tert-OH is 1. The molecule has 0 bridgehead atoms. The second-order valence-electron chi connectivity index (χ2n) is 8.93. The Hall–Kier alpha value is -3.28. The van der Waals surface area contributed by atoms with Gasteiger partial charge in [0, 0.05) is 17.7 Å². The van der Waals surface area contributed by atoms with Gasteiger partial charge < -0.3 is 19.5 Å². The van der Waals surface area contributed by atoms with Crippen LogP contribution in [-0.2, 0) is 15.0 Å². The zero-order valence-corrected chi connectivity index (χ0v) is 19.6. The van der Waals surface area contributed by atoms with Crippen molar-refractivity contribution >= 4 is 17.4 Å². The van der Waals surface area contributed by atoms with Crippen molar-refractivity contribution in [1.82, 2.24) is 4.90 Å². The van der Waals surface area contributed by atoms with Gasteiger partial charge in [-0.05, 0) is 47.7 Å². The van der Waals surface area contributed by atoms with Gasteiger partial charge in [0.15, 0.2) is 0 Å². The van der Waals surface area contributed by atoms with Gasteiger partial charge in [-0.25, -0.2) is 0 Å². The number of nitrogens with zero attached hydrogens (tertiary/aromatic N) is 1. The molecule has 1 saturated heterocycles. The molecule has 1 amide bonds. The van der Waals surface area contributed by atoms with Crippen LogP contribution in [0.15, 0.2) is 48.0 Å². The molecule has 0 aromatic heterocycles. The first-order chi connectivity index (χ1) is 15.1. The number of ketones is 1. The van der Waals surface area contributed by atoms with E-state index in [1.807, 2.05) is 45.9 Å². The summed E-state index contributed by atoms with van der Waals surface area (Å²) < 4.78 is 10.8. The number of benzene rings is 2. The third-order valence-electron chi connectivity index (χ3n) is 5.69. The van der Waals surface area contributed by atoms with Crippen molar-refractivity contribution in [1.29, 1.82) is 0 Å². The van der Waals surface area contributed by atoms with Crippen LogP contribution in [-0.4, -0.2) is 42.5 Å². The third kappa shape index (κ3) is 4.22. The van der Waals surface area contributed by atoms with Gasteiger partial charge in [0.2, 0.25) is 0 Å². The molecule has 170 valence electrons. The first-order valence-corrected chi connectivity index (χ1v) is 10.7. The number of likely N-dealkylation sites (tertiary alicyclic amines) is 1. The Morgan fingerprint density at radius 2 is 1.78 bits per heavy atom. The number of methoxy groups -OCH3 is 2. The fraction of sp³-hybridized carbons (Fsp3) is 0.385. The SMILES string of the molecule is CCCN1C(=O)C(=O)/C(=C(\O)c2ccc(OC)c(C(C)(C)C)c2)C1c1cccc(OC)c1. The highest BCUT2D eigenvalue weighted by Crippen LogP contribution is 2.41. The Labute approximate surface area is 189 Å². The Kier molecular flexibility index (Phi) is 6.63. The molecular weight excluding hydrogens is 406 g/mol. The molecule has 0 radical (unpaired) electrons. The monoisotopic (exact) mass is 437 g/mol. The largest absolute Gasteiger partial charge is 0.507 e. The van der Waals surface area contributed by atoms with Crippen molar-refractivity contribution in [3.8, 4) is 11.5 Å². The number of aliphatic hydroxyl groups is 1. The van der Waals surface area contributed by atoms with E-state index in [1.54, 1.807) is 38.5 Å². The number of carbonyl (C=O) groups excluding carboxylic acids is 2. The maximum Gasteiger partial charge on any atom is 0.295 e. The maximum absolute atomic E-state index is 13.1. The second kappa shape index (κ2) is 9.07. The number of hydrogen-bond donors (Lipinski definition) is 1. The molecule has 1 atom stereocenters. The number of amides is 1. The summed E-state index contributed by atoms with van der Waals surface area (Å²) in [4.78, 5) is 27.5. The molecule has 6 heteroatoms. The number of Topliss-reactive ketones (excluding diaryl/α,β-unsaturated/α-hetero) is 1. The molecular formula is C26H31NO5. The van der Waals surface area contributed by atoms with Crippen LogP contribution in [0.4, 0.5) is 0 Å². The van der Waals surface area contributed by atoms with E-state index in [2.05, 4.69) is 0 Å². The molecule has 1 unspecified atom stereocenters. The van der Waals surface area contributed by atoms with Crippen molar-refractivity contribution in [3.63, 3.8) is 0 Å². The van der Waals surface area contributed by atoms with Crippen molar-refractivity contribution in [3.05, 3.63) is 64.7 Å². The summed E-state index contributed by atoms with van der Waals surface area (Å²) in [6, 6.07) is 11.9. The van der Waals surface area contributed by atoms with Gasteiger partial charge in [-0.3, -0.25) is 9.59 Å². The molecule has 1 heterocycles. The highest BCUT2D eigenvalue weighted by Gasteiger charge is 2.45. The van der Waals surface area contributed by atoms with Crippen LogP contribution >= 0.6 is 0 Å². The summed E-state index contributed by atoms with van der Waals surface area (Å²) in [6.45, 7) is 8.49. The molecule has 0 saturated carbocycles. The second-order valence-corrected chi connectivity index (χ2v) is 8.93. The van der Waals surface area contributed by atoms with Crippen LogP contribution in [0, 0.1) is 0 Å². The molecule has 1 aliphatic heterocycles. The number of rotatable bonds is 6. The van der Waals surface area contributed by atoms with Crippen LogP contribution in [0.3, 0.4) is 0 Å². The fourth-order valence-corrected chi connectivity index (χ4v) is 4.11. The van der Waals surface area contributed by atoms with Gasteiger partial charge in [-0.2, -0.15) is 0 Å². The molecule has 0 spiro atoms. The normalized spacial score (nSPS) is 18.2. The van der Waals surface area contributed by atoms with E-state index in [-0.39, 0.29) is 16.7 Å². The number of carbonyl (C=O) groups is 2. The fourth-order valence-electron chi connectivity index (χ4n) is 4.11. The van der Waals surface area contributed by atoms with Gasteiger partial charge >= 0.3 is 0 Å². The Bertz CT molecular complexity index is 1060. The quantitative estimate of drug-likeness (QED) is 0.398. The Morgan fingerprint density at radius 1 is 1.06 bits per heavy atom. The number of hydrogen-bond acceptors (Lipinski definition) is 5. The lowest BCUT2D eigenvalue weighted by atomic mass is 9.84. The minimum Gasteiger partial charge on any atom is -0.507 e. The predicted molar refractivity (Wildman–Crippen MR) is 124 cm³/mol. The van der Waals surface area contributed by atoms with E-state index < -0.39 is 17.7 Å². The Morgan fingerprint density at radius 3 is 2.38 bits per heavy atom. The zero-order chi connectivity index (χ0) is 23.6. The van der Waals surface area contributed by atoms with Crippen LogP contribution in [0.5, 0.6) is 11.5 Å². The van der Waals surface area contributed by atoms with Crippen molar-refractivity contribution in [2.24, 2.45) is 0 Å². The number of ether oxygens (including phenoxy) is 2. The topological polar surface area (TPSA) is 76.1 Å². The summed E-state index contributed by atoms with van der Waals surface area (Å²) >= 11 is 0. The van der Waals surface area contributed by atoms with Gasteiger partial charge in [-0.15, -0.1) is 0 Å². The summed E-state index contributed by atoms with van der Waals surface area (Å²) in [5, 5.41) is 11.3. The third-order valence-corrected chi connectivity index (χ3v) is 5.69. The molecule has 3 rings (SSSR count). The standard InChI is InChI=1S/C26H31NO5/c1-7-13-27-22(16-9-8-10-18(14-16)31-5)21(24(29)25(27)30)23(28)17-11-12-20(32-6)19(15-17)26(2,3)4/h8-12,14-15,22,28H,7,13H2,1-6H3/b23-21-. The summed E-state index contributed by atoms with van der Waals surface area (Å²) in [5.74, 6) is -0.167. The lowest BCUT2D eigenvalue weighted by molar-refractivity contribution is -0.139. The highest BCUT2D eigenvalue weighted by atomic mass is 16.5. The summed E-state index contributed by atoms with van der Waals surface area (Å²) in [7, 11) is 3.16. The molecule has 1 aliphatic rings. The smallest absolute Gasteiger partial charge is 0.295 e. The van der Waals surface area contributed by atoms with Crippen LogP contribution in [0.25, 0.3) is 5.76 Å². The van der Waals surface area contributed by atoms with Gasteiger partial charge in [0.1, 0.15) is 17.3 Å². The van der Waals surface area contributed by atoms with E-state index in [0.29, 0.717) is 35.6 Å². The molecule has 6 nitrogen and oxygen atoms in total. The lowest BCUT2D eigenvalue weighted by Gasteiger charge is -2.26. The molecule has 2 aromatic rings. The predicted octanol–water partition coefficient (Wildman–Crippen LogP) is 4.83. The molecule has 1 fully saturated rings. The molecule has 1 N–H and O–H groups in total. The average Bonchev–Trinajstić information content (AvgIpc) is 3.03. The van der Waals surface area contributed by atoms with Crippen molar-refractivity contribution in [2.45, 2.75) is 45.6 Å². The van der Waals surface area contributed by atoms with Crippen LogP contribution in [0.2, 0.25) is 0 Å². The van der Waals surface area contributed by atoms with E-state index >= 15 is 0 Å². The van der Waals surface area contributed by atoms with Gasteiger partial charge in [0.05, 0.1) is 25.8 Å². The minimum absolute atomic E-state index is 0.0849. The highest BCUT2D eigenvalue weighted by molar-refractivity contribution is 6.46. The molecule has 0 aliphatic carbocycles. The minimum atomic E-state index is -0.690. The summed E-state index contributed by atoms with van der Waals surface area (Å²) in [6.07, 6.45) is 0.685.